The van der Waals surface area contributed by atoms with Crippen LogP contribution in [0.25, 0.3) is 0 Å². The Balaban J connectivity index is 1.61. The maximum Gasteiger partial charge on any atom is 0.309 e. The number of esters is 1. The summed E-state index contributed by atoms with van der Waals surface area (Å²) in [5, 5.41) is 0.651. The van der Waals surface area contributed by atoms with E-state index in [4.69, 9.17) is 21.1 Å². The fraction of sp³-hybridized carbons (Fsp3) is 0.562. The van der Waals surface area contributed by atoms with Crippen LogP contribution in [-0.2, 0) is 19.6 Å². The minimum Gasteiger partial charge on any atom is -0.493 e. The lowest BCUT2D eigenvalue weighted by Crippen LogP contribution is -2.40. The van der Waals surface area contributed by atoms with Crippen molar-refractivity contribution in [1.29, 1.82) is 0 Å². The van der Waals surface area contributed by atoms with Crippen LogP contribution in [0.3, 0.4) is 0 Å². The second-order valence-corrected chi connectivity index (χ2v) is 8.18. The van der Waals surface area contributed by atoms with Crippen LogP contribution in [0.15, 0.2) is 24.3 Å². The zero-order valence-corrected chi connectivity index (χ0v) is 15.2. The van der Waals surface area contributed by atoms with Crippen molar-refractivity contribution < 1.29 is 22.7 Å². The summed E-state index contributed by atoms with van der Waals surface area (Å²) < 4.78 is 35.0. The fourth-order valence-corrected chi connectivity index (χ4v) is 3.49. The Morgan fingerprint density at radius 2 is 1.83 bits per heavy atom. The van der Waals surface area contributed by atoms with Gasteiger partial charge in [0.2, 0.25) is 10.0 Å². The van der Waals surface area contributed by atoms with Crippen LogP contribution in [0.5, 0.6) is 5.75 Å². The van der Waals surface area contributed by atoms with Gasteiger partial charge in [-0.15, -0.1) is 0 Å². The van der Waals surface area contributed by atoms with Crippen LogP contribution >= 0.6 is 11.6 Å². The van der Waals surface area contributed by atoms with Gasteiger partial charge >= 0.3 is 5.97 Å². The lowest BCUT2D eigenvalue weighted by Gasteiger charge is -2.28. The van der Waals surface area contributed by atoms with Gasteiger partial charge in [-0.2, -0.15) is 0 Å². The van der Waals surface area contributed by atoms with E-state index in [0.717, 1.165) is 5.75 Å². The second-order valence-electron chi connectivity index (χ2n) is 5.76. The van der Waals surface area contributed by atoms with E-state index in [-0.39, 0.29) is 11.9 Å². The van der Waals surface area contributed by atoms with Gasteiger partial charge in [0.1, 0.15) is 5.75 Å². The van der Waals surface area contributed by atoms with E-state index in [1.54, 1.807) is 24.3 Å². The number of rotatable bonds is 7. The van der Waals surface area contributed by atoms with Crippen LogP contribution in [0.1, 0.15) is 19.3 Å². The quantitative estimate of drug-likeness (QED) is 0.540. The second kappa shape index (κ2) is 8.69. The third-order valence-corrected chi connectivity index (χ3v) is 5.43. The molecule has 0 N–H and O–H groups in total. The van der Waals surface area contributed by atoms with Crippen LogP contribution in [0.2, 0.25) is 5.02 Å². The Bertz CT molecular complexity index is 639. The number of hydrogen-bond acceptors (Lipinski definition) is 5. The summed E-state index contributed by atoms with van der Waals surface area (Å²) in [4.78, 5) is 12.0. The van der Waals surface area contributed by atoms with E-state index in [1.165, 1.54) is 10.6 Å². The van der Waals surface area contributed by atoms with Crippen LogP contribution in [0.4, 0.5) is 0 Å². The van der Waals surface area contributed by atoms with Crippen molar-refractivity contribution in [2.45, 2.75) is 19.3 Å². The summed E-state index contributed by atoms with van der Waals surface area (Å²) >= 11 is 5.79. The molecule has 134 valence electrons. The molecule has 0 bridgehead atoms. The van der Waals surface area contributed by atoms with Crippen molar-refractivity contribution in [3.8, 4) is 5.75 Å². The van der Waals surface area contributed by atoms with Crippen molar-refractivity contribution in [3.05, 3.63) is 29.3 Å². The van der Waals surface area contributed by atoms with E-state index in [1.807, 2.05) is 0 Å². The minimum absolute atomic E-state index is 0.222. The maximum atomic E-state index is 12.0. The highest BCUT2D eigenvalue weighted by Gasteiger charge is 2.29. The summed E-state index contributed by atoms with van der Waals surface area (Å²) in [5.41, 5.74) is 0. The molecule has 0 spiro atoms. The van der Waals surface area contributed by atoms with Gasteiger partial charge in [-0.05, 0) is 37.1 Å². The summed E-state index contributed by atoms with van der Waals surface area (Å²) in [7, 11) is -3.17. The van der Waals surface area contributed by atoms with Gasteiger partial charge < -0.3 is 9.47 Å². The van der Waals surface area contributed by atoms with E-state index in [0.29, 0.717) is 50.6 Å². The predicted molar refractivity (Wildman–Crippen MR) is 91.7 cm³/mol. The number of ether oxygens (including phenoxy) is 2. The highest BCUT2D eigenvalue weighted by atomic mass is 35.5. The number of hydrogen-bond donors (Lipinski definition) is 0. The molecule has 0 unspecified atom stereocenters. The molecule has 1 saturated heterocycles. The first kappa shape index (κ1) is 19.0. The number of piperidine rings is 1. The molecule has 8 heteroatoms. The van der Waals surface area contributed by atoms with Crippen LogP contribution < -0.4 is 4.74 Å². The molecule has 2 rings (SSSR count). The molecule has 0 aromatic heterocycles. The first-order valence-electron chi connectivity index (χ1n) is 7.86. The summed E-state index contributed by atoms with van der Waals surface area (Å²) in [6, 6.07) is 7.06. The highest BCUT2D eigenvalue weighted by molar-refractivity contribution is 7.88. The minimum atomic E-state index is -3.17. The fourth-order valence-electron chi connectivity index (χ4n) is 2.49. The van der Waals surface area contributed by atoms with E-state index >= 15 is 0 Å². The number of benzene rings is 1. The lowest BCUT2D eigenvalue weighted by atomic mass is 9.98. The van der Waals surface area contributed by atoms with Crippen LogP contribution in [0, 0.1) is 5.92 Å². The Morgan fingerprint density at radius 3 is 2.42 bits per heavy atom. The Morgan fingerprint density at radius 1 is 1.21 bits per heavy atom. The molecule has 1 fully saturated rings. The molecule has 1 aromatic rings. The lowest BCUT2D eigenvalue weighted by molar-refractivity contribution is -0.150. The van der Waals surface area contributed by atoms with Gasteiger partial charge in [-0.25, -0.2) is 12.7 Å². The third-order valence-electron chi connectivity index (χ3n) is 3.87. The predicted octanol–water partition coefficient (Wildman–Crippen LogP) is 2.32. The normalized spacial score (nSPS) is 16.8. The number of halogens is 1. The van der Waals surface area contributed by atoms with E-state index < -0.39 is 10.0 Å². The number of carbonyl (C=O) groups is 1. The molecular weight excluding hydrogens is 354 g/mol. The molecule has 0 saturated carbocycles. The van der Waals surface area contributed by atoms with Gasteiger partial charge in [0, 0.05) is 24.5 Å². The topological polar surface area (TPSA) is 72.9 Å². The molecule has 6 nitrogen and oxygen atoms in total. The molecule has 0 aliphatic carbocycles. The molecule has 1 aromatic carbocycles. The zero-order valence-electron chi connectivity index (χ0n) is 13.6. The first-order valence-corrected chi connectivity index (χ1v) is 10.1. The molecule has 24 heavy (non-hydrogen) atoms. The zero-order chi connectivity index (χ0) is 17.6. The van der Waals surface area contributed by atoms with Crippen LogP contribution in [-0.4, -0.2) is 51.3 Å². The van der Waals surface area contributed by atoms with Crippen molar-refractivity contribution >= 4 is 27.6 Å². The van der Waals surface area contributed by atoms with Crippen molar-refractivity contribution in [2.24, 2.45) is 5.92 Å². The Labute approximate surface area is 147 Å². The molecule has 0 amide bonds. The summed E-state index contributed by atoms with van der Waals surface area (Å²) in [6.45, 7) is 1.48. The van der Waals surface area contributed by atoms with Gasteiger partial charge in [0.15, 0.2) is 0 Å². The standard InChI is InChI=1S/C16H22ClNO5S/c1-24(20,21)18-9-7-13(8-10-18)16(19)23-12-2-11-22-15-5-3-14(17)4-6-15/h3-6,13H,2,7-12H2,1H3. The molecule has 0 atom stereocenters. The first-order chi connectivity index (χ1) is 11.4. The van der Waals surface area contributed by atoms with Gasteiger partial charge in [0.05, 0.1) is 25.4 Å². The van der Waals surface area contributed by atoms with Gasteiger partial charge in [0.25, 0.3) is 0 Å². The SMILES string of the molecule is CS(=O)(=O)N1CCC(C(=O)OCCCOc2ccc(Cl)cc2)CC1. The van der Waals surface area contributed by atoms with Gasteiger partial charge in [-0.3, -0.25) is 4.79 Å². The van der Waals surface area contributed by atoms with Crippen molar-refractivity contribution in [1.82, 2.24) is 4.31 Å². The summed E-state index contributed by atoms with van der Waals surface area (Å²) in [5.74, 6) is 0.244. The average molecular weight is 376 g/mol. The third kappa shape index (κ3) is 5.96. The average Bonchev–Trinajstić information content (AvgIpc) is 2.55. The van der Waals surface area contributed by atoms with Crippen molar-refractivity contribution in [3.63, 3.8) is 0 Å². The molecular formula is C16H22ClNO5S. The highest BCUT2D eigenvalue weighted by Crippen LogP contribution is 2.20. The Hall–Kier alpha value is -1.31. The number of sulfonamides is 1. The van der Waals surface area contributed by atoms with Gasteiger partial charge in [-0.1, -0.05) is 11.6 Å². The molecule has 0 radical (unpaired) electrons. The van der Waals surface area contributed by atoms with Crippen molar-refractivity contribution in [2.75, 3.05) is 32.6 Å². The van der Waals surface area contributed by atoms with E-state index in [2.05, 4.69) is 0 Å². The Kier molecular flexibility index (Phi) is 6.89. The number of carbonyl (C=O) groups excluding carboxylic acids is 1. The molecule has 1 heterocycles. The smallest absolute Gasteiger partial charge is 0.309 e. The largest absolute Gasteiger partial charge is 0.493 e. The summed E-state index contributed by atoms with van der Waals surface area (Å²) in [6.07, 6.45) is 2.79. The van der Waals surface area contributed by atoms with E-state index in [9.17, 15) is 13.2 Å². The maximum absolute atomic E-state index is 12.0. The molecule has 1 aliphatic rings. The number of nitrogens with zero attached hydrogens (tertiary/aromatic N) is 1. The monoisotopic (exact) mass is 375 g/mol. The molecule has 1 aliphatic heterocycles.